The van der Waals surface area contributed by atoms with Crippen LogP contribution in [0.4, 0.5) is 0 Å². The van der Waals surface area contributed by atoms with Gasteiger partial charge in [0.2, 0.25) is 11.8 Å². The first-order chi connectivity index (χ1) is 7.65. The summed E-state index contributed by atoms with van der Waals surface area (Å²) >= 11 is 0. The van der Waals surface area contributed by atoms with Gasteiger partial charge in [-0.1, -0.05) is 0 Å². The Morgan fingerprint density at radius 2 is 2.06 bits per heavy atom. The first kappa shape index (κ1) is 13.0. The number of methoxy groups -OCH3 is 1. The molecule has 16 heavy (non-hydrogen) atoms. The number of hydrogen-bond donors (Lipinski definition) is 1. The molecule has 0 atom stereocenters. The highest BCUT2D eigenvalue weighted by atomic mass is 16.5. The molecule has 0 unspecified atom stereocenters. The van der Waals surface area contributed by atoms with E-state index in [0.717, 1.165) is 12.8 Å². The van der Waals surface area contributed by atoms with E-state index in [-0.39, 0.29) is 17.7 Å². The monoisotopic (exact) mass is 228 g/mol. The number of carbonyl (C=O) groups excluding carboxylic acids is 2. The Labute approximate surface area is 96.1 Å². The second-order valence-electron chi connectivity index (χ2n) is 4.06. The molecule has 0 bridgehead atoms. The van der Waals surface area contributed by atoms with Gasteiger partial charge in [-0.2, -0.15) is 0 Å². The van der Waals surface area contributed by atoms with Crippen molar-refractivity contribution in [1.29, 1.82) is 0 Å². The van der Waals surface area contributed by atoms with Gasteiger partial charge in [0.05, 0.1) is 6.61 Å². The van der Waals surface area contributed by atoms with Crippen LogP contribution < -0.4 is 5.32 Å². The molecular weight excluding hydrogens is 208 g/mol. The summed E-state index contributed by atoms with van der Waals surface area (Å²) in [4.78, 5) is 24.2. The Hall–Kier alpha value is -1.10. The maximum Gasteiger partial charge on any atom is 0.223 e. The molecule has 0 saturated heterocycles. The summed E-state index contributed by atoms with van der Waals surface area (Å²) in [5.41, 5.74) is 0. The number of ether oxygens (including phenoxy) is 1. The van der Waals surface area contributed by atoms with Crippen LogP contribution in [0.5, 0.6) is 0 Å². The van der Waals surface area contributed by atoms with Crippen molar-refractivity contribution in [2.24, 2.45) is 5.92 Å². The van der Waals surface area contributed by atoms with Gasteiger partial charge in [0.25, 0.3) is 0 Å². The summed E-state index contributed by atoms with van der Waals surface area (Å²) in [5, 5.41) is 2.83. The SMILES string of the molecule is COCCN(CCNC(=O)C1CC1)C(C)=O. The molecule has 0 aromatic heterocycles. The smallest absolute Gasteiger partial charge is 0.223 e. The van der Waals surface area contributed by atoms with Crippen LogP contribution in [-0.2, 0) is 14.3 Å². The molecule has 2 amide bonds. The first-order valence-electron chi connectivity index (χ1n) is 5.67. The normalized spacial score (nSPS) is 14.6. The predicted octanol–water partition coefficient (Wildman–Crippen LogP) is 0.00750. The number of nitrogens with zero attached hydrogens (tertiary/aromatic N) is 1. The van der Waals surface area contributed by atoms with Crippen LogP contribution in [0.2, 0.25) is 0 Å². The summed E-state index contributed by atoms with van der Waals surface area (Å²) in [6.45, 7) is 3.70. The molecule has 1 saturated carbocycles. The van der Waals surface area contributed by atoms with Crippen molar-refractivity contribution >= 4 is 11.8 Å². The van der Waals surface area contributed by atoms with Crippen LogP contribution in [0.15, 0.2) is 0 Å². The highest BCUT2D eigenvalue weighted by molar-refractivity contribution is 5.80. The molecule has 1 N–H and O–H groups in total. The maximum absolute atomic E-state index is 11.3. The average molecular weight is 228 g/mol. The van der Waals surface area contributed by atoms with E-state index < -0.39 is 0 Å². The van der Waals surface area contributed by atoms with E-state index in [2.05, 4.69) is 5.32 Å². The van der Waals surface area contributed by atoms with E-state index in [9.17, 15) is 9.59 Å². The Morgan fingerprint density at radius 3 is 2.56 bits per heavy atom. The fourth-order valence-corrected chi connectivity index (χ4v) is 1.43. The zero-order valence-corrected chi connectivity index (χ0v) is 9.99. The van der Waals surface area contributed by atoms with Crippen molar-refractivity contribution in [3.8, 4) is 0 Å². The third kappa shape index (κ3) is 4.61. The van der Waals surface area contributed by atoms with Crippen molar-refractivity contribution in [2.75, 3.05) is 33.4 Å². The van der Waals surface area contributed by atoms with Crippen molar-refractivity contribution in [3.05, 3.63) is 0 Å². The number of carbonyl (C=O) groups is 2. The van der Waals surface area contributed by atoms with Gasteiger partial charge in [0.15, 0.2) is 0 Å². The molecule has 0 aliphatic heterocycles. The number of nitrogens with one attached hydrogen (secondary N) is 1. The van der Waals surface area contributed by atoms with Crippen LogP contribution in [0.1, 0.15) is 19.8 Å². The molecule has 1 aliphatic rings. The second-order valence-corrected chi connectivity index (χ2v) is 4.06. The van der Waals surface area contributed by atoms with Crippen LogP contribution in [-0.4, -0.2) is 50.1 Å². The Kier molecular flexibility index (Phi) is 5.25. The molecule has 0 spiro atoms. The Bertz CT molecular complexity index is 252. The molecule has 5 nitrogen and oxygen atoms in total. The molecule has 0 heterocycles. The lowest BCUT2D eigenvalue weighted by Gasteiger charge is -2.20. The van der Waals surface area contributed by atoms with E-state index in [0.29, 0.717) is 26.2 Å². The number of hydrogen-bond acceptors (Lipinski definition) is 3. The molecule has 1 fully saturated rings. The molecule has 0 aromatic carbocycles. The maximum atomic E-state index is 11.3. The van der Waals surface area contributed by atoms with Gasteiger partial charge in [-0.15, -0.1) is 0 Å². The molecule has 1 aliphatic carbocycles. The van der Waals surface area contributed by atoms with Crippen molar-refractivity contribution < 1.29 is 14.3 Å². The number of rotatable bonds is 7. The summed E-state index contributed by atoms with van der Waals surface area (Å²) in [6.07, 6.45) is 2.01. The highest BCUT2D eigenvalue weighted by Gasteiger charge is 2.29. The van der Waals surface area contributed by atoms with Crippen LogP contribution in [0.25, 0.3) is 0 Å². The lowest BCUT2D eigenvalue weighted by atomic mass is 10.4. The van der Waals surface area contributed by atoms with Gasteiger partial charge in [0.1, 0.15) is 0 Å². The van der Waals surface area contributed by atoms with Crippen LogP contribution in [0.3, 0.4) is 0 Å². The highest BCUT2D eigenvalue weighted by Crippen LogP contribution is 2.28. The Balaban J connectivity index is 2.15. The van der Waals surface area contributed by atoms with Gasteiger partial charge in [-0.05, 0) is 12.8 Å². The van der Waals surface area contributed by atoms with E-state index in [1.165, 1.54) is 6.92 Å². The second kappa shape index (κ2) is 6.48. The van der Waals surface area contributed by atoms with Gasteiger partial charge in [-0.25, -0.2) is 0 Å². The van der Waals surface area contributed by atoms with Gasteiger partial charge in [0, 0.05) is 39.6 Å². The van der Waals surface area contributed by atoms with E-state index in [1.54, 1.807) is 12.0 Å². The van der Waals surface area contributed by atoms with E-state index in [4.69, 9.17) is 4.74 Å². The lowest BCUT2D eigenvalue weighted by molar-refractivity contribution is -0.130. The molecule has 0 radical (unpaired) electrons. The third-order valence-electron chi connectivity index (χ3n) is 2.64. The van der Waals surface area contributed by atoms with Crippen molar-refractivity contribution in [1.82, 2.24) is 10.2 Å². The zero-order valence-electron chi connectivity index (χ0n) is 9.99. The van der Waals surface area contributed by atoms with Gasteiger partial charge >= 0.3 is 0 Å². The van der Waals surface area contributed by atoms with E-state index >= 15 is 0 Å². The minimum absolute atomic E-state index is 0.0118. The topological polar surface area (TPSA) is 58.6 Å². The molecule has 92 valence electrons. The summed E-state index contributed by atoms with van der Waals surface area (Å²) in [7, 11) is 1.60. The lowest BCUT2D eigenvalue weighted by Crippen LogP contribution is -2.39. The minimum Gasteiger partial charge on any atom is -0.383 e. The van der Waals surface area contributed by atoms with Crippen molar-refractivity contribution in [3.63, 3.8) is 0 Å². The summed E-state index contributed by atoms with van der Waals surface area (Å²) in [5.74, 6) is 0.359. The first-order valence-corrected chi connectivity index (χ1v) is 5.67. The molecular formula is C11H20N2O3. The van der Waals surface area contributed by atoms with Gasteiger partial charge < -0.3 is 15.0 Å². The molecule has 0 aromatic rings. The Morgan fingerprint density at radius 1 is 1.38 bits per heavy atom. The van der Waals surface area contributed by atoms with Gasteiger partial charge in [-0.3, -0.25) is 9.59 Å². The third-order valence-corrected chi connectivity index (χ3v) is 2.64. The quantitative estimate of drug-likeness (QED) is 0.667. The number of amides is 2. The van der Waals surface area contributed by atoms with Crippen LogP contribution in [0, 0.1) is 5.92 Å². The summed E-state index contributed by atoms with van der Waals surface area (Å²) in [6, 6.07) is 0. The average Bonchev–Trinajstić information content (AvgIpc) is 3.05. The fraction of sp³-hybridized carbons (Fsp3) is 0.818. The molecule has 5 heteroatoms. The zero-order chi connectivity index (χ0) is 12.0. The van der Waals surface area contributed by atoms with Crippen molar-refractivity contribution in [2.45, 2.75) is 19.8 Å². The van der Waals surface area contributed by atoms with Crippen LogP contribution >= 0.6 is 0 Å². The summed E-state index contributed by atoms with van der Waals surface area (Å²) < 4.78 is 4.92. The minimum atomic E-state index is 0.0118. The standard InChI is InChI=1S/C11H20N2O3/c1-9(14)13(7-8-16-2)6-5-12-11(15)10-3-4-10/h10H,3-8H2,1-2H3,(H,12,15). The van der Waals surface area contributed by atoms with E-state index in [1.807, 2.05) is 0 Å². The fourth-order valence-electron chi connectivity index (χ4n) is 1.43. The molecule has 1 rings (SSSR count). The predicted molar refractivity (Wildman–Crippen MR) is 59.9 cm³/mol. The largest absolute Gasteiger partial charge is 0.383 e.